The highest BCUT2D eigenvalue weighted by Gasteiger charge is 2.27. The lowest BCUT2D eigenvalue weighted by atomic mass is 9.93. The Balaban J connectivity index is 2.50. The number of hydrogen-bond donors (Lipinski definition) is 2. The van der Waals surface area contributed by atoms with Crippen LogP contribution >= 0.6 is 15.9 Å². The summed E-state index contributed by atoms with van der Waals surface area (Å²) in [5, 5.41) is 11.7. The largest absolute Gasteiger partial charge is 0.481 e. The van der Waals surface area contributed by atoms with Crippen molar-refractivity contribution in [2.24, 2.45) is 5.41 Å². The smallest absolute Gasteiger partial charge is 0.310 e. The van der Waals surface area contributed by atoms with E-state index in [4.69, 9.17) is 5.11 Å². The van der Waals surface area contributed by atoms with Crippen LogP contribution in [0.4, 0.5) is 0 Å². The lowest BCUT2D eigenvalue weighted by Gasteiger charge is -2.20. The zero-order valence-corrected chi connectivity index (χ0v) is 13.5. The summed E-state index contributed by atoms with van der Waals surface area (Å²) in [4.78, 5) is 22.8. The molecule has 0 aliphatic rings. The fourth-order valence-electron chi connectivity index (χ4n) is 1.65. The highest BCUT2D eigenvalue weighted by Crippen LogP contribution is 2.21. The number of halogens is 1. The monoisotopic (exact) mass is 341 g/mol. The molecule has 0 aliphatic carbocycles. The number of rotatable bonds is 6. The van der Waals surface area contributed by atoms with E-state index in [9.17, 15) is 9.59 Å². The minimum absolute atomic E-state index is 0.0936. The van der Waals surface area contributed by atoms with Crippen molar-refractivity contribution in [3.05, 3.63) is 34.3 Å². The molecule has 1 aromatic rings. The molecule has 0 bridgehead atoms. The molecule has 1 aromatic carbocycles. The molecule has 5 heteroatoms. The molecule has 1 amide bonds. The molecule has 0 saturated carbocycles. The van der Waals surface area contributed by atoms with Gasteiger partial charge >= 0.3 is 5.97 Å². The number of amides is 1. The molecule has 0 radical (unpaired) electrons. The van der Waals surface area contributed by atoms with Crippen molar-refractivity contribution >= 4 is 27.8 Å². The molecule has 4 nitrogen and oxygen atoms in total. The van der Waals surface area contributed by atoms with Crippen LogP contribution in [0.1, 0.15) is 38.7 Å². The first-order valence-electron chi connectivity index (χ1n) is 6.48. The van der Waals surface area contributed by atoms with E-state index in [1.54, 1.807) is 13.8 Å². The molecule has 0 spiro atoms. The summed E-state index contributed by atoms with van der Waals surface area (Å²) in [7, 11) is 0. The lowest BCUT2D eigenvalue weighted by molar-refractivity contribution is -0.146. The molecule has 0 fully saturated rings. The van der Waals surface area contributed by atoms with E-state index in [0.29, 0.717) is 6.42 Å². The van der Waals surface area contributed by atoms with Crippen LogP contribution in [0.2, 0.25) is 0 Å². The third-order valence-electron chi connectivity index (χ3n) is 3.24. The van der Waals surface area contributed by atoms with E-state index in [2.05, 4.69) is 21.2 Å². The van der Waals surface area contributed by atoms with Crippen molar-refractivity contribution in [2.75, 3.05) is 6.54 Å². The second kappa shape index (κ2) is 6.88. The molecule has 1 rings (SSSR count). The van der Waals surface area contributed by atoms with Crippen LogP contribution in [-0.2, 0) is 9.59 Å². The van der Waals surface area contributed by atoms with Crippen molar-refractivity contribution in [1.29, 1.82) is 0 Å². The van der Waals surface area contributed by atoms with Gasteiger partial charge in [0.1, 0.15) is 0 Å². The number of benzene rings is 1. The van der Waals surface area contributed by atoms with E-state index < -0.39 is 11.4 Å². The third-order valence-corrected chi connectivity index (χ3v) is 3.77. The molecule has 2 N–H and O–H groups in total. The number of carbonyl (C=O) groups is 2. The Hall–Kier alpha value is -1.36. The SMILES string of the molecule is CC(CC(=O)NCC(C)(C)C(=O)O)c1ccc(Br)cc1. The average Bonchev–Trinajstić information content (AvgIpc) is 2.37. The molecular formula is C15H20BrNO3. The summed E-state index contributed by atoms with van der Waals surface area (Å²) in [6, 6.07) is 7.83. The zero-order chi connectivity index (χ0) is 15.3. The van der Waals surface area contributed by atoms with Crippen molar-refractivity contribution in [1.82, 2.24) is 5.32 Å². The summed E-state index contributed by atoms with van der Waals surface area (Å²) in [6.45, 7) is 5.29. The highest BCUT2D eigenvalue weighted by atomic mass is 79.9. The number of carbonyl (C=O) groups excluding carboxylic acids is 1. The predicted octanol–water partition coefficient (Wildman–Crippen LogP) is 3.17. The average molecular weight is 342 g/mol. The van der Waals surface area contributed by atoms with Crippen molar-refractivity contribution in [2.45, 2.75) is 33.1 Å². The van der Waals surface area contributed by atoms with Crippen LogP contribution < -0.4 is 5.32 Å². The molecular weight excluding hydrogens is 322 g/mol. The van der Waals surface area contributed by atoms with E-state index in [1.807, 2.05) is 31.2 Å². The molecule has 110 valence electrons. The molecule has 0 aliphatic heterocycles. The van der Waals surface area contributed by atoms with Crippen LogP contribution in [0.25, 0.3) is 0 Å². The molecule has 0 aromatic heterocycles. The van der Waals surface area contributed by atoms with Gasteiger partial charge in [-0.15, -0.1) is 0 Å². The van der Waals surface area contributed by atoms with Gasteiger partial charge in [-0.1, -0.05) is 35.0 Å². The number of aliphatic carboxylic acids is 1. The van der Waals surface area contributed by atoms with Gasteiger partial charge in [-0.05, 0) is 37.5 Å². The van der Waals surface area contributed by atoms with Crippen LogP contribution in [-0.4, -0.2) is 23.5 Å². The summed E-state index contributed by atoms with van der Waals surface area (Å²) >= 11 is 3.37. The topological polar surface area (TPSA) is 66.4 Å². The molecule has 20 heavy (non-hydrogen) atoms. The number of carboxylic acid groups (broad SMARTS) is 1. The Kier molecular flexibility index (Phi) is 5.74. The normalized spacial score (nSPS) is 12.8. The summed E-state index contributed by atoms with van der Waals surface area (Å²) in [5.41, 5.74) is 0.136. The number of hydrogen-bond acceptors (Lipinski definition) is 2. The first-order chi connectivity index (χ1) is 9.22. The molecule has 0 saturated heterocycles. The van der Waals surface area contributed by atoms with Gasteiger partial charge in [0, 0.05) is 17.4 Å². The minimum atomic E-state index is -0.948. The second-order valence-electron chi connectivity index (χ2n) is 5.62. The minimum Gasteiger partial charge on any atom is -0.481 e. The second-order valence-corrected chi connectivity index (χ2v) is 6.54. The van der Waals surface area contributed by atoms with Crippen LogP contribution in [0.5, 0.6) is 0 Å². The van der Waals surface area contributed by atoms with E-state index >= 15 is 0 Å². The lowest BCUT2D eigenvalue weighted by Crippen LogP contribution is -2.39. The van der Waals surface area contributed by atoms with E-state index in [1.165, 1.54) is 0 Å². The third kappa shape index (κ3) is 4.96. The van der Waals surface area contributed by atoms with Gasteiger partial charge in [-0.25, -0.2) is 0 Å². The number of carboxylic acids is 1. The highest BCUT2D eigenvalue weighted by molar-refractivity contribution is 9.10. The Morgan fingerprint density at radius 3 is 2.35 bits per heavy atom. The van der Waals surface area contributed by atoms with Gasteiger partial charge < -0.3 is 10.4 Å². The standard InChI is InChI=1S/C15H20BrNO3/c1-10(11-4-6-12(16)7-5-11)8-13(18)17-9-15(2,3)14(19)20/h4-7,10H,8-9H2,1-3H3,(H,17,18)(H,19,20). The summed E-state index contributed by atoms with van der Waals surface area (Å²) in [5.74, 6) is -0.954. The van der Waals surface area contributed by atoms with Crippen molar-refractivity contribution in [3.8, 4) is 0 Å². The fraction of sp³-hybridized carbons (Fsp3) is 0.467. The van der Waals surface area contributed by atoms with Gasteiger partial charge in [0.05, 0.1) is 5.41 Å². The van der Waals surface area contributed by atoms with Gasteiger partial charge in [0.25, 0.3) is 0 Å². The molecule has 0 heterocycles. The number of nitrogens with one attached hydrogen (secondary N) is 1. The Morgan fingerprint density at radius 2 is 1.85 bits per heavy atom. The molecule has 1 atom stereocenters. The first-order valence-corrected chi connectivity index (χ1v) is 7.27. The zero-order valence-electron chi connectivity index (χ0n) is 11.9. The maximum absolute atomic E-state index is 11.8. The van der Waals surface area contributed by atoms with Crippen molar-refractivity contribution < 1.29 is 14.7 Å². The summed E-state index contributed by atoms with van der Waals surface area (Å²) in [6.07, 6.45) is 0.345. The fourth-order valence-corrected chi connectivity index (χ4v) is 1.92. The van der Waals surface area contributed by atoms with Gasteiger partial charge in [0.2, 0.25) is 5.91 Å². The Labute approximate surface area is 127 Å². The van der Waals surface area contributed by atoms with Crippen molar-refractivity contribution in [3.63, 3.8) is 0 Å². The van der Waals surface area contributed by atoms with Gasteiger partial charge in [0.15, 0.2) is 0 Å². The van der Waals surface area contributed by atoms with E-state index in [-0.39, 0.29) is 18.4 Å². The quantitative estimate of drug-likeness (QED) is 0.835. The van der Waals surface area contributed by atoms with E-state index in [0.717, 1.165) is 10.0 Å². The van der Waals surface area contributed by atoms with Crippen LogP contribution in [0, 0.1) is 5.41 Å². The van der Waals surface area contributed by atoms with Crippen LogP contribution in [0.3, 0.4) is 0 Å². The summed E-state index contributed by atoms with van der Waals surface area (Å²) < 4.78 is 1.00. The Morgan fingerprint density at radius 1 is 1.30 bits per heavy atom. The Bertz CT molecular complexity index is 482. The van der Waals surface area contributed by atoms with Gasteiger partial charge in [-0.3, -0.25) is 9.59 Å². The predicted molar refractivity (Wildman–Crippen MR) is 81.6 cm³/mol. The first kappa shape index (κ1) is 16.7. The maximum Gasteiger partial charge on any atom is 0.310 e. The molecule has 1 unspecified atom stereocenters. The maximum atomic E-state index is 11.8. The van der Waals surface area contributed by atoms with Crippen LogP contribution in [0.15, 0.2) is 28.7 Å². The van der Waals surface area contributed by atoms with Gasteiger partial charge in [-0.2, -0.15) is 0 Å².